The maximum absolute atomic E-state index is 12.5. The minimum atomic E-state index is -4.53. The number of amides is 3. The van der Waals surface area contributed by atoms with Crippen LogP contribution in [-0.2, 0) is 4.79 Å². The summed E-state index contributed by atoms with van der Waals surface area (Å²) in [5.74, 6) is 5.34. The molecule has 1 aromatic carbocycles. The Morgan fingerprint density at radius 3 is 2.27 bits per heavy atom. The van der Waals surface area contributed by atoms with E-state index >= 15 is 0 Å². The zero-order chi connectivity index (χ0) is 21.9. The number of nitrogens with one attached hydrogen (secondary N) is 1. The van der Waals surface area contributed by atoms with Crippen LogP contribution in [0.15, 0.2) is 30.4 Å². The Kier molecular flexibility index (Phi) is 6.53. The van der Waals surface area contributed by atoms with Crippen LogP contribution in [0.5, 0.6) is 0 Å². The van der Waals surface area contributed by atoms with Crippen molar-refractivity contribution in [2.24, 2.45) is 0 Å². The van der Waals surface area contributed by atoms with Crippen LogP contribution >= 0.6 is 23.2 Å². The lowest BCUT2D eigenvalue weighted by atomic mass is 10.2. The number of benzene rings is 1. The Morgan fingerprint density at radius 2 is 1.70 bits per heavy atom. The van der Waals surface area contributed by atoms with Gasteiger partial charge in [0.15, 0.2) is 0 Å². The molecule has 0 bridgehead atoms. The van der Waals surface area contributed by atoms with Crippen molar-refractivity contribution >= 4 is 35.1 Å². The van der Waals surface area contributed by atoms with Gasteiger partial charge in [0.05, 0.1) is 10.0 Å². The smallest absolute Gasteiger partial charge is 0.336 e. The second-order valence-corrected chi connectivity index (χ2v) is 7.89. The van der Waals surface area contributed by atoms with Crippen molar-refractivity contribution < 1.29 is 22.8 Å². The van der Waals surface area contributed by atoms with Crippen molar-refractivity contribution in [1.82, 2.24) is 15.1 Å². The molecule has 1 heterocycles. The van der Waals surface area contributed by atoms with E-state index in [0.717, 1.165) is 0 Å². The molecule has 0 radical (unpaired) electrons. The number of hydrogen-bond donors (Lipinski definition) is 1. The van der Waals surface area contributed by atoms with Gasteiger partial charge in [-0.3, -0.25) is 4.79 Å². The van der Waals surface area contributed by atoms with Crippen LogP contribution in [0.4, 0.5) is 18.0 Å². The number of rotatable bonds is 2. The molecule has 1 aromatic rings. The number of halogens is 5. The molecule has 1 saturated heterocycles. The van der Waals surface area contributed by atoms with Crippen LogP contribution < -0.4 is 5.32 Å². The monoisotopic (exact) mass is 459 g/mol. The summed E-state index contributed by atoms with van der Waals surface area (Å²) in [4.78, 5) is 27.2. The summed E-state index contributed by atoms with van der Waals surface area (Å²) in [6.07, 6.45) is -2.68. The molecule has 0 atom stereocenters. The second-order valence-electron chi connectivity index (χ2n) is 7.08. The fourth-order valence-electron chi connectivity index (χ4n) is 2.86. The van der Waals surface area contributed by atoms with Crippen LogP contribution in [0, 0.1) is 11.8 Å². The largest absolute Gasteiger partial charge is 0.409 e. The summed E-state index contributed by atoms with van der Waals surface area (Å²) in [6.45, 7) is 0.786. The molecule has 160 valence electrons. The zero-order valence-electron chi connectivity index (χ0n) is 15.7. The third kappa shape index (κ3) is 6.07. The molecule has 2 fully saturated rings. The van der Waals surface area contributed by atoms with E-state index in [1.54, 1.807) is 18.2 Å². The molecule has 1 aliphatic heterocycles. The van der Waals surface area contributed by atoms with Gasteiger partial charge < -0.3 is 15.1 Å². The average Bonchev–Trinajstić information content (AvgIpc) is 3.46. The van der Waals surface area contributed by atoms with Gasteiger partial charge in [0.25, 0.3) is 0 Å². The van der Waals surface area contributed by atoms with E-state index < -0.39 is 17.6 Å². The highest BCUT2D eigenvalue weighted by Gasteiger charge is 2.43. The van der Waals surface area contributed by atoms with Gasteiger partial charge in [-0.2, -0.15) is 13.2 Å². The molecule has 0 spiro atoms. The summed E-state index contributed by atoms with van der Waals surface area (Å²) >= 11 is 11.9. The molecule has 10 heteroatoms. The predicted octanol–water partition coefficient (Wildman–Crippen LogP) is 3.85. The van der Waals surface area contributed by atoms with Crippen molar-refractivity contribution in [1.29, 1.82) is 0 Å². The van der Waals surface area contributed by atoms with Crippen LogP contribution in [0.1, 0.15) is 18.4 Å². The average molecular weight is 460 g/mol. The normalized spacial score (nSPS) is 18.0. The zero-order valence-corrected chi connectivity index (χ0v) is 17.2. The highest BCUT2D eigenvalue weighted by atomic mass is 35.5. The van der Waals surface area contributed by atoms with Gasteiger partial charge in [0, 0.05) is 43.9 Å². The van der Waals surface area contributed by atoms with E-state index in [4.69, 9.17) is 23.2 Å². The maximum Gasteiger partial charge on any atom is 0.409 e. The van der Waals surface area contributed by atoms with Crippen molar-refractivity contribution in [3.8, 4) is 11.8 Å². The molecule has 3 rings (SSSR count). The minimum absolute atomic E-state index is 0.0855. The topological polar surface area (TPSA) is 52.7 Å². The third-order valence-corrected chi connectivity index (χ3v) is 5.49. The number of carbonyl (C=O) groups is 2. The molecule has 1 N–H and O–H groups in total. The van der Waals surface area contributed by atoms with Gasteiger partial charge >= 0.3 is 12.2 Å². The summed E-state index contributed by atoms with van der Waals surface area (Å²) in [7, 11) is 0. The van der Waals surface area contributed by atoms with Crippen LogP contribution in [-0.4, -0.2) is 59.6 Å². The second kappa shape index (κ2) is 8.78. The Bertz CT molecular complexity index is 925. The molecule has 5 nitrogen and oxygen atoms in total. The fourth-order valence-corrected chi connectivity index (χ4v) is 3.15. The van der Waals surface area contributed by atoms with Crippen molar-refractivity contribution in [2.75, 3.05) is 26.2 Å². The van der Waals surface area contributed by atoms with Gasteiger partial charge in [0.2, 0.25) is 5.91 Å². The first-order valence-corrected chi connectivity index (χ1v) is 9.93. The van der Waals surface area contributed by atoms with E-state index in [9.17, 15) is 22.8 Å². The van der Waals surface area contributed by atoms with E-state index in [1.807, 2.05) is 0 Å². The van der Waals surface area contributed by atoms with Gasteiger partial charge in [-0.15, -0.1) is 0 Å². The van der Waals surface area contributed by atoms with Crippen molar-refractivity contribution in [3.63, 3.8) is 0 Å². The number of carbonyl (C=O) groups excluding carboxylic acids is 2. The van der Waals surface area contributed by atoms with E-state index in [-0.39, 0.29) is 38.3 Å². The van der Waals surface area contributed by atoms with Crippen molar-refractivity contribution in [2.45, 2.75) is 24.6 Å². The number of nitrogens with zero attached hydrogens (tertiary/aromatic N) is 2. The Labute approximate surface area is 181 Å². The van der Waals surface area contributed by atoms with E-state index in [1.165, 1.54) is 9.80 Å². The number of piperazine rings is 1. The van der Waals surface area contributed by atoms with Crippen molar-refractivity contribution in [3.05, 3.63) is 46.0 Å². The lowest BCUT2D eigenvalue weighted by Crippen LogP contribution is -2.54. The first kappa shape index (κ1) is 22.3. The predicted molar refractivity (Wildman–Crippen MR) is 107 cm³/mol. The van der Waals surface area contributed by atoms with Gasteiger partial charge in [-0.05, 0) is 31.0 Å². The summed E-state index contributed by atoms with van der Waals surface area (Å²) in [5, 5.41) is 3.74. The van der Waals surface area contributed by atoms with Crippen LogP contribution in [0.3, 0.4) is 0 Å². The fraction of sp³-hybridized carbons (Fsp3) is 0.400. The molecule has 0 unspecified atom stereocenters. The Hall–Kier alpha value is -2.37. The molecule has 1 aliphatic carbocycles. The first-order chi connectivity index (χ1) is 14.1. The summed E-state index contributed by atoms with van der Waals surface area (Å²) in [5.41, 5.74) is 0.0787. The third-order valence-electron chi connectivity index (χ3n) is 4.76. The number of alkyl halides is 3. The minimum Gasteiger partial charge on any atom is -0.336 e. The molecule has 1 saturated carbocycles. The number of allylic oxidation sites excluding steroid dienone is 1. The van der Waals surface area contributed by atoms with Gasteiger partial charge in [-0.1, -0.05) is 35.0 Å². The molecular formula is C20H18Cl2F3N3O2. The lowest BCUT2D eigenvalue weighted by Gasteiger charge is -2.34. The lowest BCUT2D eigenvalue weighted by molar-refractivity contribution is -0.128. The highest BCUT2D eigenvalue weighted by Crippen LogP contribution is 2.35. The van der Waals surface area contributed by atoms with Crippen LogP contribution in [0.2, 0.25) is 10.0 Å². The standard InChI is InChI=1S/C20H18Cl2F3N3O2/c21-15-2-1-14(13-16(15)22)3-5-19(7-8-19)26-18(30)28-11-9-27(10-12-28)17(29)4-6-20(23,24)25/h1-2,4,6,13H,7-12H2,(H,26,30). The first-order valence-electron chi connectivity index (χ1n) is 9.17. The Morgan fingerprint density at radius 1 is 1.07 bits per heavy atom. The quantitative estimate of drug-likeness (QED) is 0.539. The van der Waals surface area contributed by atoms with E-state index in [2.05, 4.69) is 17.2 Å². The van der Waals surface area contributed by atoms with E-state index in [0.29, 0.717) is 34.5 Å². The summed E-state index contributed by atoms with van der Waals surface area (Å²) in [6, 6.07) is 4.73. The van der Waals surface area contributed by atoms with Gasteiger partial charge in [0.1, 0.15) is 5.54 Å². The van der Waals surface area contributed by atoms with Crippen LogP contribution in [0.25, 0.3) is 0 Å². The summed E-state index contributed by atoms with van der Waals surface area (Å²) < 4.78 is 36.5. The number of hydrogen-bond acceptors (Lipinski definition) is 2. The van der Waals surface area contributed by atoms with Gasteiger partial charge in [-0.25, -0.2) is 4.79 Å². The Balaban J connectivity index is 1.52. The SMILES string of the molecule is O=C(C=CC(F)(F)F)N1CCN(C(=O)NC2(C#Cc3ccc(Cl)c(Cl)c3)CC2)CC1. The molecule has 2 aliphatic rings. The molecule has 0 aromatic heterocycles. The number of urea groups is 1. The highest BCUT2D eigenvalue weighted by molar-refractivity contribution is 6.42. The molecule has 30 heavy (non-hydrogen) atoms. The maximum atomic E-state index is 12.5. The molecular weight excluding hydrogens is 442 g/mol. The molecule has 3 amide bonds.